The first-order chi connectivity index (χ1) is 14.7. The molecule has 7 nitrogen and oxygen atoms in total. The van der Waals surface area contributed by atoms with Crippen molar-refractivity contribution in [2.45, 2.75) is 49.9 Å². The lowest BCUT2D eigenvalue weighted by molar-refractivity contribution is -0.133. The molecule has 5 rings (SSSR count). The van der Waals surface area contributed by atoms with Crippen molar-refractivity contribution in [2.24, 2.45) is 5.92 Å². The molecule has 1 atom stereocenters. The molecule has 1 aromatic carbocycles. The van der Waals surface area contributed by atoms with Gasteiger partial charge >= 0.3 is 0 Å². The second-order valence-corrected chi connectivity index (χ2v) is 8.86. The predicted octanol–water partition coefficient (Wildman–Crippen LogP) is 3.10. The molecule has 0 spiro atoms. The first kappa shape index (κ1) is 19.5. The van der Waals surface area contributed by atoms with E-state index in [0.29, 0.717) is 11.8 Å². The Morgan fingerprint density at radius 2 is 1.97 bits per heavy atom. The van der Waals surface area contributed by atoms with E-state index in [4.69, 9.17) is 14.0 Å². The Hall–Kier alpha value is -2.41. The molecule has 3 heterocycles. The van der Waals surface area contributed by atoms with Gasteiger partial charge in [0, 0.05) is 38.6 Å². The van der Waals surface area contributed by atoms with Gasteiger partial charge in [-0.25, -0.2) is 0 Å². The van der Waals surface area contributed by atoms with Crippen molar-refractivity contribution in [2.75, 3.05) is 33.4 Å². The molecule has 2 saturated heterocycles. The van der Waals surface area contributed by atoms with E-state index in [0.717, 1.165) is 87.9 Å². The number of rotatable bonds is 6. The summed E-state index contributed by atoms with van der Waals surface area (Å²) < 4.78 is 16.2. The van der Waals surface area contributed by atoms with Crippen LogP contribution >= 0.6 is 0 Å². The Morgan fingerprint density at radius 3 is 2.67 bits per heavy atom. The minimum absolute atomic E-state index is 0.270. The van der Waals surface area contributed by atoms with Crippen molar-refractivity contribution in [1.29, 1.82) is 0 Å². The van der Waals surface area contributed by atoms with Crippen LogP contribution in [0.2, 0.25) is 0 Å². The lowest BCUT2D eigenvalue weighted by atomic mass is 9.94. The van der Waals surface area contributed by atoms with Crippen molar-refractivity contribution in [3.8, 4) is 5.75 Å². The van der Waals surface area contributed by atoms with Gasteiger partial charge in [0.25, 0.3) is 0 Å². The normalized spacial score (nSPS) is 23.5. The Balaban J connectivity index is 1.19. The summed E-state index contributed by atoms with van der Waals surface area (Å²) in [6.07, 6.45) is 5.51. The molecule has 1 unspecified atom stereocenters. The topological polar surface area (TPSA) is 77.7 Å². The van der Waals surface area contributed by atoms with Gasteiger partial charge in [0.1, 0.15) is 5.75 Å². The van der Waals surface area contributed by atoms with Crippen molar-refractivity contribution >= 4 is 5.91 Å². The number of aromatic nitrogens is 2. The molecule has 2 aliphatic heterocycles. The fourth-order valence-electron chi connectivity index (χ4n) is 4.87. The summed E-state index contributed by atoms with van der Waals surface area (Å²) in [5.41, 5.74) is 0.778. The van der Waals surface area contributed by atoms with E-state index in [2.05, 4.69) is 10.1 Å². The molecule has 0 bridgehead atoms. The summed E-state index contributed by atoms with van der Waals surface area (Å²) >= 11 is 0. The van der Waals surface area contributed by atoms with Crippen molar-refractivity contribution in [3.05, 3.63) is 41.5 Å². The zero-order valence-electron chi connectivity index (χ0n) is 17.5. The van der Waals surface area contributed by atoms with Gasteiger partial charge in [0.05, 0.1) is 12.5 Å². The number of carbonyl (C=O) groups excluding carboxylic acids is 1. The highest BCUT2D eigenvalue weighted by molar-refractivity contribution is 5.91. The first-order valence-corrected chi connectivity index (χ1v) is 11.0. The molecule has 2 aromatic rings. The Morgan fingerprint density at radius 1 is 1.20 bits per heavy atom. The van der Waals surface area contributed by atoms with E-state index in [1.54, 1.807) is 7.11 Å². The van der Waals surface area contributed by atoms with Crippen LogP contribution in [0.1, 0.15) is 55.3 Å². The van der Waals surface area contributed by atoms with Gasteiger partial charge in [-0.1, -0.05) is 17.3 Å². The van der Waals surface area contributed by atoms with Crippen LogP contribution in [0, 0.1) is 5.92 Å². The van der Waals surface area contributed by atoms with Crippen molar-refractivity contribution in [3.63, 3.8) is 0 Å². The molecule has 3 fully saturated rings. The average molecular weight is 412 g/mol. The summed E-state index contributed by atoms with van der Waals surface area (Å²) in [5.74, 6) is 3.32. The van der Waals surface area contributed by atoms with Crippen LogP contribution in [0.25, 0.3) is 0 Å². The lowest BCUT2D eigenvalue weighted by Crippen LogP contribution is -2.38. The predicted molar refractivity (Wildman–Crippen MR) is 109 cm³/mol. The summed E-state index contributed by atoms with van der Waals surface area (Å²) in [6, 6.07) is 7.96. The molecule has 3 aliphatic rings. The number of ether oxygens (including phenoxy) is 2. The standard InChI is InChI=1S/C23H29N3O4/c1-28-19-4-2-18(3-5-19)23(9-10-23)22(27)26-11-6-16(15-26)14-20-24-21(30-25-20)17-7-12-29-13-8-17/h2-5,16-17H,6-15H2,1H3. The molecule has 1 aliphatic carbocycles. The van der Waals surface area contributed by atoms with Crippen LogP contribution in [0.15, 0.2) is 28.8 Å². The quantitative estimate of drug-likeness (QED) is 0.727. The summed E-state index contributed by atoms with van der Waals surface area (Å²) in [6.45, 7) is 3.11. The maximum Gasteiger partial charge on any atom is 0.233 e. The van der Waals surface area contributed by atoms with Gasteiger partial charge in [-0.2, -0.15) is 4.98 Å². The zero-order chi connectivity index (χ0) is 20.6. The van der Waals surface area contributed by atoms with Gasteiger partial charge in [-0.3, -0.25) is 4.79 Å². The molecular formula is C23H29N3O4. The van der Waals surface area contributed by atoms with Crippen LogP contribution in [-0.2, 0) is 21.4 Å². The molecule has 1 saturated carbocycles. The van der Waals surface area contributed by atoms with E-state index in [9.17, 15) is 4.79 Å². The number of hydrogen-bond acceptors (Lipinski definition) is 6. The summed E-state index contributed by atoms with van der Waals surface area (Å²) in [5, 5.41) is 4.21. The monoisotopic (exact) mass is 411 g/mol. The smallest absolute Gasteiger partial charge is 0.233 e. The third kappa shape index (κ3) is 3.71. The minimum atomic E-state index is -0.330. The maximum absolute atomic E-state index is 13.3. The largest absolute Gasteiger partial charge is 0.497 e. The molecule has 1 amide bonds. The fourth-order valence-corrected chi connectivity index (χ4v) is 4.87. The molecular weight excluding hydrogens is 382 g/mol. The molecule has 0 N–H and O–H groups in total. The fraction of sp³-hybridized carbons (Fsp3) is 0.609. The Labute approximate surface area is 176 Å². The van der Waals surface area contributed by atoms with Crippen LogP contribution in [0.5, 0.6) is 5.75 Å². The van der Waals surface area contributed by atoms with Crippen LogP contribution in [0.3, 0.4) is 0 Å². The number of likely N-dealkylation sites (tertiary alicyclic amines) is 1. The van der Waals surface area contributed by atoms with Crippen LogP contribution in [0.4, 0.5) is 0 Å². The third-order valence-electron chi connectivity index (χ3n) is 6.90. The summed E-state index contributed by atoms with van der Waals surface area (Å²) in [4.78, 5) is 20.0. The second-order valence-electron chi connectivity index (χ2n) is 8.86. The van der Waals surface area contributed by atoms with Crippen LogP contribution in [-0.4, -0.2) is 54.4 Å². The second kappa shape index (κ2) is 8.02. The Bertz CT molecular complexity index is 884. The van der Waals surface area contributed by atoms with Gasteiger partial charge in [-0.15, -0.1) is 0 Å². The van der Waals surface area contributed by atoms with E-state index in [-0.39, 0.29) is 11.3 Å². The van der Waals surface area contributed by atoms with E-state index in [1.807, 2.05) is 29.2 Å². The van der Waals surface area contributed by atoms with E-state index in [1.165, 1.54) is 0 Å². The molecule has 30 heavy (non-hydrogen) atoms. The third-order valence-corrected chi connectivity index (χ3v) is 6.90. The molecule has 0 radical (unpaired) electrons. The number of carbonyl (C=O) groups is 1. The lowest BCUT2D eigenvalue weighted by Gasteiger charge is -2.23. The first-order valence-electron chi connectivity index (χ1n) is 11.0. The van der Waals surface area contributed by atoms with Gasteiger partial charge in [0.15, 0.2) is 5.82 Å². The number of nitrogens with zero attached hydrogens (tertiary/aromatic N) is 3. The highest BCUT2D eigenvalue weighted by Crippen LogP contribution is 2.50. The highest BCUT2D eigenvalue weighted by Gasteiger charge is 2.53. The summed E-state index contributed by atoms with van der Waals surface area (Å²) in [7, 11) is 1.66. The molecule has 1 aromatic heterocycles. The highest BCUT2D eigenvalue weighted by atomic mass is 16.5. The van der Waals surface area contributed by atoms with Gasteiger partial charge in [-0.05, 0) is 55.7 Å². The minimum Gasteiger partial charge on any atom is -0.497 e. The molecule has 160 valence electrons. The Kier molecular flexibility index (Phi) is 5.23. The van der Waals surface area contributed by atoms with E-state index >= 15 is 0 Å². The number of methoxy groups -OCH3 is 1. The van der Waals surface area contributed by atoms with Crippen molar-refractivity contribution < 1.29 is 18.8 Å². The number of hydrogen-bond donors (Lipinski definition) is 0. The van der Waals surface area contributed by atoms with Gasteiger partial charge < -0.3 is 18.9 Å². The van der Waals surface area contributed by atoms with Crippen LogP contribution < -0.4 is 4.74 Å². The SMILES string of the molecule is COc1ccc(C2(C(=O)N3CCC(Cc4noc(C5CCOCC5)n4)C3)CC2)cc1. The average Bonchev–Trinajstić information content (AvgIpc) is 3.25. The zero-order valence-corrected chi connectivity index (χ0v) is 17.5. The van der Waals surface area contributed by atoms with Crippen molar-refractivity contribution in [1.82, 2.24) is 15.0 Å². The molecule has 7 heteroatoms. The van der Waals surface area contributed by atoms with E-state index < -0.39 is 0 Å². The number of amides is 1. The van der Waals surface area contributed by atoms with Gasteiger partial charge in [0.2, 0.25) is 11.8 Å². The number of benzene rings is 1. The maximum atomic E-state index is 13.3.